The molecule has 0 unspecified atom stereocenters. The van der Waals surface area contributed by atoms with E-state index in [0.29, 0.717) is 35.2 Å². The molecule has 3 N–H and O–H groups in total. The first kappa shape index (κ1) is 19.5. The number of benzene rings is 1. The van der Waals surface area contributed by atoms with Gasteiger partial charge >= 0.3 is 0 Å². The molecule has 0 fully saturated rings. The summed E-state index contributed by atoms with van der Waals surface area (Å²) in [6.45, 7) is 2.02. The molecule has 0 radical (unpaired) electrons. The largest absolute Gasteiger partial charge is 0.492 e. The van der Waals surface area contributed by atoms with Crippen molar-refractivity contribution in [3.8, 4) is 5.75 Å². The SMILES string of the molecule is CCC(=O)NC(=S)NNC(=O)CCCOc1ccc(Cl)cc1Cl. The van der Waals surface area contributed by atoms with E-state index in [4.69, 9.17) is 40.2 Å². The van der Waals surface area contributed by atoms with Gasteiger partial charge in [0.1, 0.15) is 5.75 Å². The molecule has 0 heterocycles. The van der Waals surface area contributed by atoms with Crippen LogP contribution in [0.4, 0.5) is 0 Å². The topological polar surface area (TPSA) is 79.5 Å². The number of ether oxygens (including phenoxy) is 1. The second-order valence-corrected chi connectivity index (χ2v) is 5.68. The van der Waals surface area contributed by atoms with Gasteiger partial charge in [0.25, 0.3) is 0 Å². The Labute approximate surface area is 149 Å². The van der Waals surface area contributed by atoms with Gasteiger partial charge in [-0.3, -0.25) is 20.4 Å². The fourth-order valence-corrected chi connectivity index (χ4v) is 2.07. The Morgan fingerprint density at radius 1 is 1.22 bits per heavy atom. The molecule has 1 aromatic carbocycles. The van der Waals surface area contributed by atoms with Crippen molar-refractivity contribution in [1.29, 1.82) is 0 Å². The van der Waals surface area contributed by atoms with Crippen LogP contribution in [0.2, 0.25) is 10.0 Å². The molecule has 0 bridgehead atoms. The molecule has 6 nitrogen and oxygen atoms in total. The van der Waals surface area contributed by atoms with Crippen molar-refractivity contribution in [2.45, 2.75) is 26.2 Å². The monoisotopic (exact) mass is 377 g/mol. The van der Waals surface area contributed by atoms with Gasteiger partial charge in [-0.25, -0.2) is 0 Å². The highest BCUT2D eigenvalue weighted by atomic mass is 35.5. The molecule has 2 amide bonds. The van der Waals surface area contributed by atoms with Gasteiger partial charge in [-0.1, -0.05) is 30.1 Å². The highest BCUT2D eigenvalue weighted by Crippen LogP contribution is 2.27. The number of halogens is 2. The highest BCUT2D eigenvalue weighted by molar-refractivity contribution is 7.80. The summed E-state index contributed by atoms with van der Waals surface area (Å²) in [5.74, 6) is 0.00643. The quantitative estimate of drug-likeness (QED) is 0.403. The zero-order valence-corrected chi connectivity index (χ0v) is 14.8. The van der Waals surface area contributed by atoms with Crippen LogP contribution >= 0.6 is 35.4 Å². The van der Waals surface area contributed by atoms with Crippen molar-refractivity contribution in [1.82, 2.24) is 16.2 Å². The summed E-state index contributed by atoms with van der Waals surface area (Å²) in [5.41, 5.74) is 4.83. The summed E-state index contributed by atoms with van der Waals surface area (Å²) in [7, 11) is 0. The predicted molar refractivity (Wildman–Crippen MR) is 93.5 cm³/mol. The van der Waals surface area contributed by atoms with E-state index >= 15 is 0 Å². The Bertz CT molecular complexity index is 584. The summed E-state index contributed by atoms with van der Waals surface area (Å²) in [4.78, 5) is 22.7. The minimum Gasteiger partial charge on any atom is -0.492 e. The molecule has 0 aliphatic rings. The number of carbonyl (C=O) groups excluding carboxylic acids is 2. The zero-order chi connectivity index (χ0) is 17.2. The molecule has 9 heteroatoms. The molecule has 0 atom stereocenters. The molecule has 23 heavy (non-hydrogen) atoms. The average Bonchev–Trinajstić information content (AvgIpc) is 2.51. The Hall–Kier alpha value is -1.57. The zero-order valence-electron chi connectivity index (χ0n) is 12.4. The first-order chi connectivity index (χ1) is 10.9. The van der Waals surface area contributed by atoms with E-state index in [0.717, 1.165) is 0 Å². The van der Waals surface area contributed by atoms with Crippen molar-refractivity contribution >= 4 is 52.3 Å². The fourth-order valence-electron chi connectivity index (χ4n) is 1.44. The van der Waals surface area contributed by atoms with Crippen LogP contribution < -0.4 is 20.9 Å². The van der Waals surface area contributed by atoms with Gasteiger partial charge in [0.2, 0.25) is 11.8 Å². The summed E-state index contributed by atoms with van der Waals surface area (Å²) in [6.07, 6.45) is 1.02. The molecule has 0 spiro atoms. The predicted octanol–water partition coefficient (Wildman–Crippen LogP) is 2.58. The third-order valence-electron chi connectivity index (χ3n) is 2.59. The number of hydrazine groups is 1. The second kappa shape index (κ2) is 10.3. The van der Waals surface area contributed by atoms with Gasteiger partial charge in [-0.05, 0) is 36.8 Å². The first-order valence-corrected chi connectivity index (χ1v) is 8.05. The van der Waals surface area contributed by atoms with Crippen LogP contribution in [0, 0.1) is 0 Å². The molecule has 0 saturated carbocycles. The third kappa shape index (κ3) is 8.01. The van der Waals surface area contributed by atoms with E-state index in [9.17, 15) is 9.59 Å². The average molecular weight is 378 g/mol. The van der Waals surface area contributed by atoms with Crippen molar-refractivity contribution in [3.63, 3.8) is 0 Å². The van der Waals surface area contributed by atoms with Crippen LogP contribution in [-0.2, 0) is 9.59 Å². The van der Waals surface area contributed by atoms with Crippen LogP contribution in [0.25, 0.3) is 0 Å². The maximum atomic E-state index is 11.6. The lowest BCUT2D eigenvalue weighted by Gasteiger charge is -2.11. The first-order valence-electron chi connectivity index (χ1n) is 6.89. The Kier molecular flexibility index (Phi) is 8.68. The minimum atomic E-state index is -0.274. The lowest BCUT2D eigenvalue weighted by atomic mass is 10.3. The van der Waals surface area contributed by atoms with E-state index in [1.54, 1.807) is 25.1 Å². The molecule has 0 saturated heterocycles. The van der Waals surface area contributed by atoms with Crippen LogP contribution in [0.3, 0.4) is 0 Å². The fraction of sp³-hybridized carbons (Fsp3) is 0.357. The molecule has 1 rings (SSSR count). The van der Waals surface area contributed by atoms with Crippen molar-refractivity contribution < 1.29 is 14.3 Å². The van der Waals surface area contributed by atoms with Gasteiger partial charge in [0.05, 0.1) is 11.6 Å². The van der Waals surface area contributed by atoms with Crippen molar-refractivity contribution in [2.24, 2.45) is 0 Å². The maximum Gasteiger partial charge on any atom is 0.238 e. The molecular weight excluding hydrogens is 361 g/mol. The normalized spacial score (nSPS) is 9.87. The number of nitrogens with one attached hydrogen (secondary N) is 3. The van der Waals surface area contributed by atoms with Gasteiger partial charge in [0, 0.05) is 17.9 Å². The summed E-state index contributed by atoms with van der Waals surface area (Å²) in [5, 5.41) is 3.40. The van der Waals surface area contributed by atoms with E-state index < -0.39 is 0 Å². The summed E-state index contributed by atoms with van der Waals surface area (Å²) in [6, 6.07) is 4.92. The van der Waals surface area contributed by atoms with E-state index in [-0.39, 0.29) is 23.3 Å². The lowest BCUT2D eigenvalue weighted by molar-refractivity contribution is -0.122. The van der Waals surface area contributed by atoms with Gasteiger partial charge < -0.3 is 10.1 Å². The van der Waals surface area contributed by atoms with E-state index in [1.807, 2.05) is 0 Å². The second-order valence-electron chi connectivity index (χ2n) is 4.43. The molecular formula is C14H17Cl2N3O3S. The standard InChI is InChI=1S/C14H17Cl2N3O3S/c1-2-12(20)17-14(23)19-18-13(21)4-3-7-22-11-6-5-9(15)8-10(11)16/h5-6,8H,2-4,7H2,1H3,(H,18,21)(H2,17,19,20,23). The number of hydrogen-bond donors (Lipinski definition) is 3. The van der Waals surface area contributed by atoms with Crippen LogP contribution in [0.15, 0.2) is 18.2 Å². The van der Waals surface area contributed by atoms with Crippen LogP contribution in [-0.4, -0.2) is 23.5 Å². The number of thiocarbonyl (C=S) groups is 1. The number of hydrogen-bond acceptors (Lipinski definition) is 4. The number of amides is 2. The van der Waals surface area contributed by atoms with E-state index in [1.165, 1.54) is 0 Å². The molecule has 0 aliphatic carbocycles. The van der Waals surface area contributed by atoms with Crippen molar-refractivity contribution in [3.05, 3.63) is 28.2 Å². The smallest absolute Gasteiger partial charge is 0.238 e. The number of carbonyl (C=O) groups is 2. The highest BCUT2D eigenvalue weighted by Gasteiger charge is 2.06. The summed E-state index contributed by atoms with van der Waals surface area (Å²) >= 11 is 16.6. The Morgan fingerprint density at radius 3 is 2.61 bits per heavy atom. The summed E-state index contributed by atoms with van der Waals surface area (Å²) < 4.78 is 5.46. The van der Waals surface area contributed by atoms with Crippen LogP contribution in [0.1, 0.15) is 26.2 Å². The Balaban J connectivity index is 2.19. The molecule has 0 aromatic heterocycles. The number of rotatable bonds is 6. The minimum absolute atomic E-state index is 0.0504. The van der Waals surface area contributed by atoms with Crippen molar-refractivity contribution in [2.75, 3.05) is 6.61 Å². The lowest BCUT2D eigenvalue weighted by Crippen LogP contribution is -2.48. The maximum absolute atomic E-state index is 11.6. The van der Waals surface area contributed by atoms with Gasteiger partial charge in [-0.2, -0.15) is 0 Å². The Morgan fingerprint density at radius 2 is 1.96 bits per heavy atom. The van der Waals surface area contributed by atoms with Crippen LogP contribution in [0.5, 0.6) is 5.75 Å². The van der Waals surface area contributed by atoms with E-state index in [2.05, 4.69) is 16.2 Å². The van der Waals surface area contributed by atoms with Gasteiger partial charge in [0.15, 0.2) is 5.11 Å². The third-order valence-corrected chi connectivity index (χ3v) is 3.32. The molecule has 0 aliphatic heterocycles. The van der Waals surface area contributed by atoms with Gasteiger partial charge in [-0.15, -0.1) is 0 Å². The molecule has 126 valence electrons. The molecule has 1 aromatic rings.